The van der Waals surface area contributed by atoms with Crippen molar-refractivity contribution < 1.29 is 0 Å². The van der Waals surface area contributed by atoms with Crippen molar-refractivity contribution in [2.75, 3.05) is 0 Å². The van der Waals surface area contributed by atoms with Crippen LogP contribution < -0.4 is 5.19 Å². The van der Waals surface area contributed by atoms with E-state index in [0.29, 0.717) is 5.92 Å². The molecule has 0 aliphatic rings. The van der Waals surface area contributed by atoms with Crippen molar-refractivity contribution in [2.24, 2.45) is 5.92 Å². The normalized spacial score (nSPS) is 12.4. The summed E-state index contributed by atoms with van der Waals surface area (Å²) in [7, 11) is -1.42. The summed E-state index contributed by atoms with van der Waals surface area (Å²) in [5.74, 6) is 0.642. The van der Waals surface area contributed by atoms with Crippen LogP contribution in [0.4, 0.5) is 0 Å². The van der Waals surface area contributed by atoms with E-state index in [1.165, 1.54) is 27.4 Å². The Labute approximate surface area is 178 Å². The van der Waals surface area contributed by atoms with Crippen LogP contribution >= 0.6 is 0 Å². The summed E-state index contributed by atoms with van der Waals surface area (Å²) < 4.78 is 0. The van der Waals surface area contributed by atoms with E-state index in [1.54, 1.807) is 0 Å². The molecule has 0 saturated carbocycles. The van der Waals surface area contributed by atoms with Crippen LogP contribution in [0, 0.1) is 5.92 Å². The number of rotatable bonds is 6. The number of pyridine rings is 1. The molecule has 1 aromatic heterocycles. The van der Waals surface area contributed by atoms with Gasteiger partial charge in [0.25, 0.3) is 0 Å². The molecule has 0 unspecified atom stereocenters. The number of hydrogen-bond acceptors (Lipinski definition) is 1. The maximum absolute atomic E-state index is 4.91. The van der Waals surface area contributed by atoms with Gasteiger partial charge in [-0.2, -0.15) is 0 Å². The van der Waals surface area contributed by atoms with Crippen molar-refractivity contribution in [3.63, 3.8) is 0 Å². The summed E-state index contributed by atoms with van der Waals surface area (Å²) in [4.78, 5) is 4.91. The lowest BCUT2D eigenvalue weighted by Crippen LogP contribution is -2.40. The second-order valence-corrected chi connectivity index (χ2v) is 15.2. The molecular formula is C27H35NSi. The highest BCUT2D eigenvalue weighted by Crippen LogP contribution is 2.33. The molecule has 1 heterocycles. The monoisotopic (exact) mass is 401 g/mol. The van der Waals surface area contributed by atoms with Crippen LogP contribution in [0.3, 0.4) is 0 Å². The molecule has 0 fully saturated rings. The molecule has 2 heteroatoms. The zero-order valence-corrected chi connectivity index (χ0v) is 20.1. The average molecular weight is 402 g/mol. The Morgan fingerprint density at radius 2 is 1.52 bits per heavy atom. The minimum absolute atomic E-state index is 0.0453. The van der Waals surface area contributed by atoms with Crippen LogP contribution in [-0.2, 0) is 11.8 Å². The maximum Gasteiger partial charge on any atom is 0.0799 e. The van der Waals surface area contributed by atoms with Gasteiger partial charge in [-0.25, -0.2) is 0 Å². The van der Waals surface area contributed by atoms with Crippen LogP contribution in [0.15, 0.2) is 66.9 Å². The average Bonchev–Trinajstić information content (AvgIpc) is 2.67. The summed E-state index contributed by atoms with van der Waals surface area (Å²) in [6, 6.07) is 22.0. The van der Waals surface area contributed by atoms with Gasteiger partial charge < -0.3 is 0 Å². The molecule has 0 atom stereocenters. The number of hydrogen-bond donors (Lipinski definition) is 0. The van der Waals surface area contributed by atoms with Gasteiger partial charge in [0.2, 0.25) is 0 Å². The summed E-state index contributed by atoms with van der Waals surface area (Å²) in [6.07, 6.45) is 3.28. The molecule has 0 aliphatic carbocycles. The Bertz CT molecular complexity index is 965. The van der Waals surface area contributed by atoms with Gasteiger partial charge in [-0.3, -0.25) is 4.98 Å². The van der Waals surface area contributed by atoms with Gasteiger partial charge in [-0.15, -0.1) is 0 Å². The van der Waals surface area contributed by atoms with E-state index in [-0.39, 0.29) is 5.41 Å². The molecular weight excluding hydrogens is 366 g/mol. The van der Waals surface area contributed by atoms with Crippen LogP contribution in [0.1, 0.15) is 44.4 Å². The number of aromatic nitrogens is 1. The molecule has 0 amide bonds. The summed E-state index contributed by atoms with van der Waals surface area (Å²) in [6.45, 7) is 16.4. The molecule has 0 aliphatic heterocycles. The number of nitrogens with zero attached hydrogens (tertiary/aromatic N) is 1. The lowest BCUT2D eigenvalue weighted by atomic mass is 9.77. The topological polar surface area (TPSA) is 12.9 Å². The van der Waals surface area contributed by atoms with Crippen molar-refractivity contribution in [1.82, 2.24) is 4.98 Å². The molecule has 1 nitrogen and oxygen atoms in total. The standard InChI is InChI=1S/C27H35NSi/c1-20(2)16-22-18-25(28-19-26(22)29(5,6)7)21-12-11-15-24(17-21)27(3,4)23-13-9-8-10-14-23/h8-15,17-20H,16H2,1-7H3. The van der Waals surface area contributed by atoms with Gasteiger partial charge in [0.1, 0.15) is 0 Å². The largest absolute Gasteiger partial charge is 0.256 e. The van der Waals surface area contributed by atoms with Crippen molar-refractivity contribution >= 4 is 13.3 Å². The molecule has 0 N–H and O–H groups in total. The van der Waals surface area contributed by atoms with E-state index in [9.17, 15) is 0 Å². The number of benzene rings is 2. The zero-order chi connectivity index (χ0) is 21.2. The van der Waals surface area contributed by atoms with Crippen LogP contribution in [-0.4, -0.2) is 13.1 Å². The highest BCUT2D eigenvalue weighted by molar-refractivity contribution is 6.89. The van der Waals surface area contributed by atoms with Gasteiger partial charge in [-0.05, 0) is 46.3 Å². The minimum Gasteiger partial charge on any atom is -0.256 e. The predicted octanol–water partition coefficient (Wildman–Crippen LogP) is 6.82. The van der Waals surface area contributed by atoms with E-state index in [1.807, 2.05) is 0 Å². The lowest BCUT2D eigenvalue weighted by Gasteiger charge is -2.27. The molecule has 29 heavy (non-hydrogen) atoms. The summed E-state index contributed by atoms with van der Waals surface area (Å²) in [5.41, 5.74) is 6.39. The molecule has 2 aromatic carbocycles. The second kappa shape index (κ2) is 8.28. The highest BCUT2D eigenvalue weighted by atomic mass is 28.3. The van der Waals surface area contributed by atoms with Crippen LogP contribution in [0.2, 0.25) is 19.6 Å². The van der Waals surface area contributed by atoms with E-state index in [0.717, 1.165) is 12.1 Å². The van der Waals surface area contributed by atoms with Gasteiger partial charge >= 0.3 is 0 Å². The van der Waals surface area contributed by atoms with Crippen molar-refractivity contribution in [2.45, 2.75) is 59.2 Å². The molecule has 3 aromatic rings. The van der Waals surface area contributed by atoms with Crippen LogP contribution in [0.5, 0.6) is 0 Å². The SMILES string of the molecule is CC(C)Cc1cc(-c2cccc(C(C)(C)c3ccccc3)c2)ncc1[Si](C)(C)C. The summed E-state index contributed by atoms with van der Waals surface area (Å²) >= 11 is 0. The fraction of sp³-hybridized carbons (Fsp3) is 0.370. The molecule has 0 spiro atoms. The van der Waals surface area contributed by atoms with Crippen LogP contribution in [0.25, 0.3) is 11.3 Å². The molecule has 152 valence electrons. The smallest absolute Gasteiger partial charge is 0.0799 e. The Morgan fingerprint density at radius 3 is 2.14 bits per heavy atom. The first-order valence-corrected chi connectivity index (χ1v) is 14.2. The second-order valence-electron chi connectivity index (χ2n) is 10.1. The van der Waals surface area contributed by atoms with E-state index in [4.69, 9.17) is 4.98 Å². The van der Waals surface area contributed by atoms with E-state index in [2.05, 4.69) is 114 Å². The van der Waals surface area contributed by atoms with Gasteiger partial charge in [0, 0.05) is 17.2 Å². The third-order valence-corrected chi connectivity index (χ3v) is 7.87. The first-order valence-electron chi connectivity index (χ1n) is 10.7. The minimum atomic E-state index is -1.42. The first-order chi connectivity index (χ1) is 13.6. The molecule has 0 saturated heterocycles. The molecule has 0 bridgehead atoms. The van der Waals surface area contributed by atoms with E-state index >= 15 is 0 Å². The zero-order valence-electron chi connectivity index (χ0n) is 19.1. The maximum atomic E-state index is 4.91. The van der Waals surface area contributed by atoms with Crippen molar-refractivity contribution in [3.8, 4) is 11.3 Å². The first kappa shape index (κ1) is 21.5. The van der Waals surface area contributed by atoms with Gasteiger partial charge in [0.05, 0.1) is 13.8 Å². The Morgan fingerprint density at radius 1 is 0.862 bits per heavy atom. The Balaban J connectivity index is 2.05. The Hall–Kier alpha value is -2.19. The lowest BCUT2D eigenvalue weighted by molar-refractivity contribution is 0.641. The van der Waals surface area contributed by atoms with Gasteiger partial charge in [0.15, 0.2) is 0 Å². The van der Waals surface area contributed by atoms with E-state index < -0.39 is 8.07 Å². The summed E-state index contributed by atoms with van der Waals surface area (Å²) in [5, 5.41) is 1.50. The van der Waals surface area contributed by atoms with Gasteiger partial charge in [-0.1, -0.05) is 95.9 Å². The fourth-order valence-electron chi connectivity index (χ4n) is 4.03. The highest BCUT2D eigenvalue weighted by Gasteiger charge is 2.24. The third-order valence-electron chi connectivity index (χ3n) is 5.80. The third kappa shape index (κ3) is 4.87. The predicted molar refractivity (Wildman–Crippen MR) is 130 cm³/mol. The van der Waals surface area contributed by atoms with Crippen molar-refractivity contribution in [3.05, 3.63) is 83.6 Å². The quantitative estimate of drug-likeness (QED) is 0.413. The molecule has 0 radical (unpaired) electrons. The Kier molecular flexibility index (Phi) is 6.14. The van der Waals surface area contributed by atoms with Crippen molar-refractivity contribution in [1.29, 1.82) is 0 Å². The molecule has 3 rings (SSSR count). The fourth-order valence-corrected chi connectivity index (χ4v) is 5.62.